The Morgan fingerprint density at radius 1 is 1.30 bits per heavy atom. The Kier molecular flexibility index (Phi) is 5.53. The molecule has 0 unspecified atom stereocenters. The third-order valence-corrected chi connectivity index (χ3v) is 3.96. The molecule has 1 aromatic rings. The van der Waals surface area contributed by atoms with Crippen molar-refractivity contribution in [3.05, 3.63) is 18.2 Å². The maximum atomic E-state index is 5.89. The maximum absolute atomic E-state index is 5.89. The average Bonchev–Trinajstić information content (AvgIpc) is 2.41. The zero-order valence-electron chi connectivity index (χ0n) is 12.7. The van der Waals surface area contributed by atoms with Gasteiger partial charge in [-0.05, 0) is 58.3 Å². The summed E-state index contributed by atoms with van der Waals surface area (Å²) in [5.74, 6) is 1.69. The number of benzene rings is 1. The van der Waals surface area contributed by atoms with E-state index in [1.807, 2.05) is 25.1 Å². The number of nitrogen functional groups attached to an aromatic ring is 1. The molecule has 112 valence electrons. The summed E-state index contributed by atoms with van der Waals surface area (Å²) in [5, 5.41) is 3.47. The van der Waals surface area contributed by atoms with Crippen molar-refractivity contribution in [2.45, 2.75) is 26.2 Å². The van der Waals surface area contributed by atoms with Gasteiger partial charge in [0, 0.05) is 30.1 Å². The molecule has 1 fully saturated rings. The molecule has 0 radical (unpaired) electrons. The van der Waals surface area contributed by atoms with E-state index >= 15 is 0 Å². The lowest BCUT2D eigenvalue weighted by Gasteiger charge is -2.29. The molecule has 0 aromatic heterocycles. The van der Waals surface area contributed by atoms with Gasteiger partial charge in [-0.2, -0.15) is 0 Å². The van der Waals surface area contributed by atoms with Crippen molar-refractivity contribution in [1.82, 2.24) is 4.90 Å². The molecule has 3 N–H and O–H groups in total. The molecule has 4 heteroatoms. The standard InChI is InChI=1S/C16H27N3O/c1-3-20-16-11-14(17)10-15(12-16)18-7-4-13-5-8-19(2)9-6-13/h10-13,18H,3-9,17H2,1-2H3. The number of anilines is 2. The Bertz CT molecular complexity index is 414. The molecule has 0 atom stereocenters. The van der Waals surface area contributed by atoms with E-state index in [1.165, 1.54) is 32.4 Å². The van der Waals surface area contributed by atoms with E-state index in [2.05, 4.69) is 17.3 Å². The third kappa shape index (κ3) is 4.60. The Morgan fingerprint density at radius 2 is 2.05 bits per heavy atom. The lowest BCUT2D eigenvalue weighted by atomic mass is 9.94. The summed E-state index contributed by atoms with van der Waals surface area (Å²) in [7, 11) is 2.20. The largest absolute Gasteiger partial charge is 0.494 e. The molecular formula is C16H27N3O. The lowest BCUT2D eigenvalue weighted by Crippen LogP contribution is -2.30. The zero-order valence-corrected chi connectivity index (χ0v) is 12.7. The van der Waals surface area contributed by atoms with Gasteiger partial charge in [-0.15, -0.1) is 0 Å². The number of nitrogens with two attached hydrogens (primary N) is 1. The van der Waals surface area contributed by atoms with Crippen LogP contribution in [0.5, 0.6) is 5.75 Å². The monoisotopic (exact) mass is 277 g/mol. The number of rotatable bonds is 6. The first-order valence-corrected chi connectivity index (χ1v) is 7.63. The maximum Gasteiger partial charge on any atom is 0.123 e. The Labute approximate surface area is 122 Å². The summed E-state index contributed by atoms with van der Waals surface area (Å²) in [5.41, 5.74) is 7.70. The normalized spacial score (nSPS) is 17.1. The van der Waals surface area contributed by atoms with E-state index in [4.69, 9.17) is 10.5 Å². The number of piperidine rings is 1. The molecular weight excluding hydrogens is 250 g/mol. The average molecular weight is 277 g/mol. The second kappa shape index (κ2) is 7.39. The smallest absolute Gasteiger partial charge is 0.123 e. The van der Waals surface area contributed by atoms with Crippen molar-refractivity contribution in [2.75, 3.05) is 44.3 Å². The van der Waals surface area contributed by atoms with Gasteiger partial charge < -0.3 is 20.7 Å². The minimum absolute atomic E-state index is 0.665. The summed E-state index contributed by atoms with van der Waals surface area (Å²) >= 11 is 0. The number of likely N-dealkylation sites (tertiary alicyclic amines) is 1. The number of ether oxygens (including phenoxy) is 1. The van der Waals surface area contributed by atoms with E-state index in [1.54, 1.807) is 0 Å². The van der Waals surface area contributed by atoms with Crippen molar-refractivity contribution in [3.8, 4) is 5.75 Å². The highest BCUT2D eigenvalue weighted by atomic mass is 16.5. The van der Waals surface area contributed by atoms with Crippen LogP contribution < -0.4 is 15.8 Å². The van der Waals surface area contributed by atoms with Crippen molar-refractivity contribution in [3.63, 3.8) is 0 Å². The third-order valence-electron chi connectivity index (χ3n) is 3.96. The molecule has 4 nitrogen and oxygen atoms in total. The number of hydrogen-bond donors (Lipinski definition) is 2. The summed E-state index contributed by atoms with van der Waals surface area (Å²) in [6.45, 7) is 6.12. The van der Waals surface area contributed by atoms with Gasteiger partial charge in [0.1, 0.15) is 5.75 Å². The second-order valence-electron chi connectivity index (χ2n) is 5.69. The predicted octanol–water partition coefficient (Wildman–Crippen LogP) is 2.81. The van der Waals surface area contributed by atoms with Crippen LogP contribution in [-0.4, -0.2) is 38.2 Å². The van der Waals surface area contributed by atoms with Gasteiger partial charge in [0.2, 0.25) is 0 Å². The molecule has 0 amide bonds. The molecule has 0 spiro atoms. The molecule has 1 heterocycles. The van der Waals surface area contributed by atoms with Crippen LogP contribution in [0.3, 0.4) is 0 Å². The van der Waals surface area contributed by atoms with Gasteiger partial charge in [-0.1, -0.05) is 0 Å². The fraction of sp³-hybridized carbons (Fsp3) is 0.625. The Balaban J connectivity index is 1.78. The van der Waals surface area contributed by atoms with E-state index in [0.29, 0.717) is 6.61 Å². The SMILES string of the molecule is CCOc1cc(N)cc(NCCC2CCN(C)CC2)c1. The Morgan fingerprint density at radius 3 is 2.75 bits per heavy atom. The van der Waals surface area contributed by atoms with E-state index in [9.17, 15) is 0 Å². The van der Waals surface area contributed by atoms with Gasteiger partial charge in [0.05, 0.1) is 6.61 Å². The highest BCUT2D eigenvalue weighted by Gasteiger charge is 2.15. The summed E-state index contributed by atoms with van der Waals surface area (Å²) in [6.07, 6.45) is 3.87. The summed E-state index contributed by atoms with van der Waals surface area (Å²) in [6, 6.07) is 5.86. The van der Waals surface area contributed by atoms with Gasteiger partial charge in [0.15, 0.2) is 0 Å². The van der Waals surface area contributed by atoms with Crippen LogP contribution in [0.15, 0.2) is 18.2 Å². The molecule has 20 heavy (non-hydrogen) atoms. The van der Waals surface area contributed by atoms with Crippen molar-refractivity contribution < 1.29 is 4.74 Å². The van der Waals surface area contributed by atoms with Crippen molar-refractivity contribution in [1.29, 1.82) is 0 Å². The van der Waals surface area contributed by atoms with Crippen LogP contribution in [0.2, 0.25) is 0 Å². The molecule has 1 aromatic carbocycles. The minimum Gasteiger partial charge on any atom is -0.494 e. The number of nitrogens with zero attached hydrogens (tertiary/aromatic N) is 1. The Hall–Kier alpha value is -1.42. The number of nitrogens with one attached hydrogen (secondary N) is 1. The zero-order chi connectivity index (χ0) is 14.4. The fourth-order valence-electron chi connectivity index (χ4n) is 2.75. The summed E-state index contributed by atoms with van der Waals surface area (Å²) < 4.78 is 5.51. The topological polar surface area (TPSA) is 50.5 Å². The van der Waals surface area contributed by atoms with E-state index in [0.717, 1.165) is 29.6 Å². The molecule has 1 aliphatic rings. The molecule has 0 bridgehead atoms. The van der Waals surface area contributed by atoms with E-state index in [-0.39, 0.29) is 0 Å². The summed E-state index contributed by atoms with van der Waals surface area (Å²) in [4.78, 5) is 2.41. The molecule has 0 aliphatic carbocycles. The number of hydrogen-bond acceptors (Lipinski definition) is 4. The van der Waals surface area contributed by atoms with Crippen LogP contribution in [0, 0.1) is 5.92 Å². The first-order valence-electron chi connectivity index (χ1n) is 7.63. The van der Waals surface area contributed by atoms with Crippen LogP contribution in [0.4, 0.5) is 11.4 Å². The molecule has 1 saturated heterocycles. The van der Waals surface area contributed by atoms with E-state index < -0.39 is 0 Å². The van der Waals surface area contributed by atoms with Crippen molar-refractivity contribution in [2.24, 2.45) is 5.92 Å². The van der Waals surface area contributed by atoms with Gasteiger partial charge in [-0.25, -0.2) is 0 Å². The predicted molar refractivity (Wildman–Crippen MR) is 85.4 cm³/mol. The highest BCUT2D eigenvalue weighted by Crippen LogP contribution is 2.24. The quantitative estimate of drug-likeness (QED) is 0.785. The van der Waals surface area contributed by atoms with Gasteiger partial charge >= 0.3 is 0 Å². The van der Waals surface area contributed by atoms with Crippen LogP contribution in [-0.2, 0) is 0 Å². The molecule has 1 aliphatic heterocycles. The van der Waals surface area contributed by atoms with Crippen molar-refractivity contribution >= 4 is 11.4 Å². The van der Waals surface area contributed by atoms with Crippen LogP contribution >= 0.6 is 0 Å². The highest BCUT2D eigenvalue weighted by molar-refractivity contribution is 5.59. The second-order valence-corrected chi connectivity index (χ2v) is 5.69. The minimum atomic E-state index is 0.665. The molecule has 2 rings (SSSR count). The van der Waals surface area contributed by atoms with Crippen LogP contribution in [0.1, 0.15) is 26.2 Å². The lowest BCUT2D eigenvalue weighted by molar-refractivity contribution is 0.215. The first-order chi connectivity index (χ1) is 9.67. The fourth-order valence-corrected chi connectivity index (χ4v) is 2.75. The van der Waals surface area contributed by atoms with Gasteiger partial charge in [0.25, 0.3) is 0 Å². The van der Waals surface area contributed by atoms with Gasteiger partial charge in [-0.3, -0.25) is 0 Å². The van der Waals surface area contributed by atoms with Crippen LogP contribution in [0.25, 0.3) is 0 Å². The molecule has 0 saturated carbocycles. The first kappa shape index (κ1) is 15.0.